The van der Waals surface area contributed by atoms with E-state index >= 15 is 0 Å². The van der Waals surface area contributed by atoms with Crippen LogP contribution < -0.4 is 0 Å². The molecule has 0 unspecified atom stereocenters. The molecule has 0 atom stereocenters. The molecule has 9 aromatic carbocycles. The van der Waals surface area contributed by atoms with E-state index in [4.69, 9.17) is 8.83 Å². The fourth-order valence-corrected chi connectivity index (χ4v) is 8.06. The van der Waals surface area contributed by atoms with Gasteiger partial charge in [-0.25, -0.2) is 0 Å². The summed E-state index contributed by atoms with van der Waals surface area (Å²) in [6, 6.07) is 61.0. The highest BCUT2D eigenvalue weighted by Crippen LogP contribution is 2.43. The second-order valence-corrected chi connectivity index (χ2v) is 13.2. The van der Waals surface area contributed by atoms with E-state index in [0.717, 1.165) is 66.1 Å². The van der Waals surface area contributed by atoms with Crippen LogP contribution in [0, 0.1) is 0 Å². The van der Waals surface area contributed by atoms with Crippen molar-refractivity contribution in [1.29, 1.82) is 0 Å². The van der Waals surface area contributed by atoms with Crippen molar-refractivity contribution in [2.24, 2.45) is 0 Å². The number of rotatable bonds is 3. The van der Waals surface area contributed by atoms with Crippen LogP contribution >= 0.6 is 0 Å². The van der Waals surface area contributed by atoms with Gasteiger partial charge in [-0.1, -0.05) is 133 Å². The van der Waals surface area contributed by atoms with Crippen LogP contribution in [0.3, 0.4) is 0 Å². The van der Waals surface area contributed by atoms with Crippen LogP contribution in [0.2, 0.25) is 0 Å². The molecular weight excluding hydrogens is 609 g/mol. The number of hydrogen-bond donors (Lipinski definition) is 0. The maximum Gasteiger partial charge on any atom is 0.143 e. The van der Waals surface area contributed by atoms with E-state index in [1.807, 2.05) is 24.3 Å². The van der Waals surface area contributed by atoms with Gasteiger partial charge in [0.15, 0.2) is 0 Å². The highest BCUT2D eigenvalue weighted by molar-refractivity contribution is 6.17. The van der Waals surface area contributed by atoms with E-state index in [2.05, 4.69) is 146 Å². The van der Waals surface area contributed by atoms with Crippen molar-refractivity contribution in [3.63, 3.8) is 0 Å². The van der Waals surface area contributed by atoms with Crippen molar-refractivity contribution in [3.05, 3.63) is 170 Å². The minimum Gasteiger partial charge on any atom is -0.455 e. The molecule has 0 saturated carbocycles. The molecule has 0 amide bonds. The summed E-state index contributed by atoms with van der Waals surface area (Å²) in [5.74, 6) is 0. The largest absolute Gasteiger partial charge is 0.455 e. The lowest BCUT2D eigenvalue weighted by Gasteiger charge is -2.15. The first-order valence-electron chi connectivity index (χ1n) is 17.1. The maximum absolute atomic E-state index is 6.48. The average molecular weight is 637 g/mol. The molecule has 11 aromatic rings. The number of benzene rings is 9. The summed E-state index contributed by atoms with van der Waals surface area (Å²) in [4.78, 5) is 0. The number of fused-ring (bicyclic) bond motifs is 9. The molecule has 0 aliphatic rings. The molecule has 232 valence electrons. The van der Waals surface area contributed by atoms with Gasteiger partial charge in [-0.05, 0) is 91.0 Å². The molecule has 11 rings (SSSR count). The van der Waals surface area contributed by atoms with E-state index in [9.17, 15) is 0 Å². The normalized spacial score (nSPS) is 12.0. The van der Waals surface area contributed by atoms with Crippen LogP contribution in [0.1, 0.15) is 0 Å². The molecule has 2 aromatic heterocycles. The molecule has 0 bridgehead atoms. The summed E-state index contributed by atoms with van der Waals surface area (Å²) in [6.45, 7) is 0. The first-order valence-corrected chi connectivity index (χ1v) is 17.1. The zero-order chi connectivity index (χ0) is 32.8. The van der Waals surface area contributed by atoms with Gasteiger partial charge in [-0.15, -0.1) is 0 Å². The van der Waals surface area contributed by atoms with E-state index in [1.54, 1.807) is 0 Å². The number of para-hydroxylation sites is 4. The Morgan fingerprint density at radius 2 is 0.820 bits per heavy atom. The third-order valence-electron chi connectivity index (χ3n) is 10.4. The molecule has 0 fully saturated rings. The van der Waals surface area contributed by atoms with Crippen molar-refractivity contribution < 1.29 is 8.83 Å². The lowest BCUT2D eigenvalue weighted by Crippen LogP contribution is -1.89. The Kier molecular flexibility index (Phi) is 5.70. The van der Waals surface area contributed by atoms with Crippen LogP contribution in [0.25, 0.3) is 110 Å². The van der Waals surface area contributed by atoms with Gasteiger partial charge >= 0.3 is 0 Å². The Morgan fingerprint density at radius 3 is 1.54 bits per heavy atom. The van der Waals surface area contributed by atoms with E-state index in [0.29, 0.717) is 0 Å². The molecule has 2 heterocycles. The predicted molar refractivity (Wildman–Crippen MR) is 210 cm³/mol. The third kappa shape index (κ3) is 4.03. The first kappa shape index (κ1) is 27.3. The molecular formula is C48H28O2. The van der Waals surface area contributed by atoms with Gasteiger partial charge in [0, 0.05) is 32.7 Å². The van der Waals surface area contributed by atoms with Crippen LogP contribution in [-0.2, 0) is 0 Å². The second-order valence-electron chi connectivity index (χ2n) is 13.2. The van der Waals surface area contributed by atoms with Gasteiger partial charge in [-0.2, -0.15) is 0 Å². The minimum atomic E-state index is 0.910. The monoisotopic (exact) mass is 636 g/mol. The summed E-state index contributed by atoms with van der Waals surface area (Å²) in [5, 5.41) is 11.8. The van der Waals surface area contributed by atoms with Crippen molar-refractivity contribution in [3.8, 4) is 33.4 Å². The molecule has 2 nitrogen and oxygen atoms in total. The van der Waals surface area contributed by atoms with Crippen molar-refractivity contribution in [2.75, 3.05) is 0 Å². The summed E-state index contributed by atoms with van der Waals surface area (Å²) in [7, 11) is 0. The highest BCUT2D eigenvalue weighted by atomic mass is 16.3. The molecule has 50 heavy (non-hydrogen) atoms. The molecule has 0 saturated heterocycles. The summed E-state index contributed by atoms with van der Waals surface area (Å²) in [5.41, 5.74) is 10.6. The molecule has 0 spiro atoms. The van der Waals surface area contributed by atoms with Crippen molar-refractivity contribution in [1.82, 2.24) is 0 Å². The zero-order valence-electron chi connectivity index (χ0n) is 27.0. The fourth-order valence-electron chi connectivity index (χ4n) is 8.06. The van der Waals surface area contributed by atoms with Crippen LogP contribution in [-0.4, -0.2) is 0 Å². The molecule has 0 radical (unpaired) electrons. The van der Waals surface area contributed by atoms with E-state index in [-0.39, 0.29) is 0 Å². The quantitative estimate of drug-likeness (QED) is 0.180. The third-order valence-corrected chi connectivity index (χ3v) is 10.4. The molecule has 0 N–H and O–H groups in total. The molecule has 2 heteroatoms. The lowest BCUT2D eigenvalue weighted by atomic mass is 9.88. The highest BCUT2D eigenvalue weighted by Gasteiger charge is 2.17. The Hall–Kier alpha value is -6.64. The van der Waals surface area contributed by atoms with Gasteiger partial charge < -0.3 is 8.83 Å². The topological polar surface area (TPSA) is 26.3 Å². The fraction of sp³-hybridized carbons (Fsp3) is 0. The number of hydrogen-bond acceptors (Lipinski definition) is 2. The smallest absolute Gasteiger partial charge is 0.143 e. The van der Waals surface area contributed by atoms with Crippen LogP contribution in [0.4, 0.5) is 0 Å². The van der Waals surface area contributed by atoms with Gasteiger partial charge in [0.25, 0.3) is 0 Å². The van der Waals surface area contributed by atoms with Gasteiger partial charge in [0.05, 0.1) is 0 Å². The predicted octanol–water partition coefficient (Wildman–Crippen LogP) is 13.9. The Balaban J connectivity index is 1.17. The number of furan rings is 2. The van der Waals surface area contributed by atoms with E-state index in [1.165, 1.54) is 43.4 Å². The van der Waals surface area contributed by atoms with Crippen molar-refractivity contribution >= 4 is 76.2 Å². The SMILES string of the molecule is c1ccc2cc(-c3c4ccc(-c5cccc6c5oc5ccccc56)cc4cc4ccc(-c5cccc6c5oc5ccccc56)cc34)ccc2c1. The van der Waals surface area contributed by atoms with Crippen LogP contribution in [0.5, 0.6) is 0 Å². The van der Waals surface area contributed by atoms with Gasteiger partial charge in [0.2, 0.25) is 0 Å². The Labute approximate surface area is 287 Å². The second kappa shape index (κ2) is 10.4. The Bertz CT molecular complexity index is 3160. The lowest BCUT2D eigenvalue weighted by molar-refractivity contribution is 0.669. The zero-order valence-corrected chi connectivity index (χ0v) is 27.0. The van der Waals surface area contributed by atoms with E-state index < -0.39 is 0 Å². The summed E-state index contributed by atoms with van der Waals surface area (Å²) in [6.07, 6.45) is 0. The minimum absolute atomic E-state index is 0.910. The summed E-state index contributed by atoms with van der Waals surface area (Å²) < 4.78 is 12.9. The average Bonchev–Trinajstić information content (AvgIpc) is 3.75. The molecule has 0 aliphatic heterocycles. The van der Waals surface area contributed by atoms with Crippen molar-refractivity contribution in [2.45, 2.75) is 0 Å². The first-order chi connectivity index (χ1) is 24.8. The maximum atomic E-state index is 6.48. The van der Waals surface area contributed by atoms with Gasteiger partial charge in [-0.3, -0.25) is 0 Å². The standard InChI is InChI=1S/C48H28O2/c1-2-10-30-25-34(22-19-29(30)9-1)46-36-24-23-31(37-13-7-15-41-39-11-3-5-17-44(39)49-47(37)41)26-35(36)27-32-20-21-33(28-43(32)46)38-14-8-16-42-40-12-4-6-18-45(40)50-48(38)42/h1-28H. The Morgan fingerprint density at radius 1 is 0.280 bits per heavy atom. The molecule has 0 aliphatic carbocycles. The summed E-state index contributed by atoms with van der Waals surface area (Å²) >= 11 is 0. The van der Waals surface area contributed by atoms with Crippen LogP contribution in [0.15, 0.2) is 179 Å². The van der Waals surface area contributed by atoms with Gasteiger partial charge in [0.1, 0.15) is 22.3 Å².